The molecule has 0 N–H and O–H groups in total. The van der Waals surface area contributed by atoms with E-state index in [1.807, 2.05) is 36.4 Å². The summed E-state index contributed by atoms with van der Waals surface area (Å²) in [7, 11) is -3.87. The maximum Gasteiger partial charge on any atom is 0.339 e. The molecule has 1 aliphatic rings. The van der Waals surface area contributed by atoms with Crippen LogP contribution in [0.25, 0.3) is 0 Å². The third-order valence-electron chi connectivity index (χ3n) is 3.59. The van der Waals surface area contributed by atoms with Gasteiger partial charge in [0.2, 0.25) is 0 Å². The van der Waals surface area contributed by atoms with Gasteiger partial charge < -0.3 is 0 Å². The predicted molar refractivity (Wildman–Crippen MR) is 86.7 cm³/mol. The van der Waals surface area contributed by atoms with Gasteiger partial charge in [-0.05, 0) is 12.0 Å². The van der Waals surface area contributed by atoms with Crippen molar-refractivity contribution in [3.63, 3.8) is 0 Å². The van der Waals surface area contributed by atoms with Crippen molar-refractivity contribution in [2.75, 3.05) is 18.0 Å². The minimum absolute atomic E-state index is 0.0440. The number of urea groups is 1. The lowest BCUT2D eigenvalue weighted by molar-refractivity contribution is 0.229. The molecule has 0 spiro atoms. The summed E-state index contributed by atoms with van der Waals surface area (Å²) in [5, 5.41) is 12.0. The summed E-state index contributed by atoms with van der Waals surface area (Å²) in [5.41, 5.74) is 1.23. The number of hydrogen-bond acceptors (Lipinski definition) is 5. The molecule has 2 heterocycles. The molecule has 1 aromatic carbocycles. The van der Waals surface area contributed by atoms with Gasteiger partial charge in [-0.1, -0.05) is 30.3 Å². The minimum atomic E-state index is -3.87. The molecule has 2 aromatic rings. The normalized spacial score (nSPS) is 16.0. The lowest BCUT2D eigenvalue weighted by Gasteiger charge is -2.33. The lowest BCUT2D eigenvalue weighted by Crippen LogP contribution is -2.51. The molecule has 3 rings (SSSR count). The summed E-state index contributed by atoms with van der Waals surface area (Å²) in [6, 6.07) is 10.6. The standard InChI is InChI=1S/C15H13N3O3S2/c16-7-9-17-13-10-22-11-14(13)23(20,21)18(15(17)19)8-6-12-4-2-1-3-5-12/h1-5,10-11H,6,8-9H2. The van der Waals surface area contributed by atoms with Gasteiger partial charge in [-0.3, -0.25) is 4.90 Å². The molecule has 0 saturated carbocycles. The third-order valence-corrected chi connectivity index (χ3v) is 6.27. The van der Waals surface area contributed by atoms with E-state index in [9.17, 15) is 13.2 Å². The van der Waals surface area contributed by atoms with Crippen molar-refractivity contribution in [2.24, 2.45) is 0 Å². The first kappa shape index (κ1) is 15.5. The topological polar surface area (TPSA) is 81.5 Å². The Hall–Kier alpha value is -2.37. The van der Waals surface area contributed by atoms with Crippen LogP contribution in [0.15, 0.2) is 46.0 Å². The molecule has 2 amide bonds. The summed E-state index contributed by atoms with van der Waals surface area (Å²) in [4.78, 5) is 13.8. The van der Waals surface area contributed by atoms with Gasteiger partial charge in [-0.25, -0.2) is 17.5 Å². The van der Waals surface area contributed by atoms with Crippen LogP contribution in [0.4, 0.5) is 10.5 Å². The molecule has 8 heteroatoms. The number of thiophene rings is 1. The van der Waals surface area contributed by atoms with Crippen molar-refractivity contribution >= 4 is 33.1 Å². The fourth-order valence-corrected chi connectivity index (χ4v) is 5.17. The molecule has 0 aliphatic carbocycles. The van der Waals surface area contributed by atoms with Crippen LogP contribution in [0.3, 0.4) is 0 Å². The Bertz CT molecular complexity index is 869. The average Bonchev–Trinajstić information content (AvgIpc) is 3.03. The molecule has 118 valence electrons. The van der Waals surface area contributed by atoms with Crippen molar-refractivity contribution < 1.29 is 13.2 Å². The molecular weight excluding hydrogens is 334 g/mol. The first-order valence-corrected chi connectivity index (χ1v) is 9.25. The lowest BCUT2D eigenvalue weighted by atomic mass is 10.1. The average molecular weight is 347 g/mol. The minimum Gasteiger partial charge on any atom is -0.277 e. The monoisotopic (exact) mass is 347 g/mol. The molecule has 1 aromatic heterocycles. The van der Waals surface area contributed by atoms with Gasteiger partial charge >= 0.3 is 6.03 Å². The zero-order chi connectivity index (χ0) is 16.4. The van der Waals surface area contributed by atoms with E-state index in [0.29, 0.717) is 6.42 Å². The van der Waals surface area contributed by atoms with Crippen LogP contribution in [0.1, 0.15) is 5.56 Å². The highest BCUT2D eigenvalue weighted by atomic mass is 32.2. The zero-order valence-electron chi connectivity index (χ0n) is 12.0. The van der Waals surface area contributed by atoms with E-state index >= 15 is 0 Å². The van der Waals surface area contributed by atoms with E-state index in [-0.39, 0.29) is 23.7 Å². The summed E-state index contributed by atoms with van der Waals surface area (Å²) in [5.74, 6) is 0. The van der Waals surface area contributed by atoms with Crippen molar-refractivity contribution in [3.8, 4) is 6.07 Å². The Morgan fingerprint density at radius 2 is 1.91 bits per heavy atom. The number of rotatable bonds is 4. The summed E-state index contributed by atoms with van der Waals surface area (Å²) in [6.45, 7) is -0.137. The fourth-order valence-electron chi connectivity index (χ4n) is 2.44. The zero-order valence-corrected chi connectivity index (χ0v) is 13.7. The maximum atomic E-state index is 12.6. The highest BCUT2D eigenvalue weighted by Crippen LogP contribution is 2.36. The highest BCUT2D eigenvalue weighted by Gasteiger charge is 2.41. The van der Waals surface area contributed by atoms with E-state index < -0.39 is 16.1 Å². The van der Waals surface area contributed by atoms with Crippen LogP contribution < -0.4 is 4.90 Å². The molecule has 0 unspecified atom stereocenters. The Kier molecular flexibility index (Phi) is 4.07. The third kappa shape index (κ3) is 2.69. The number of hydrogen-bond donors (Lipinski definition) is 0. The van der Waals surface area contributed by atoms with E-state index in [4.69, 9.17) is 5.26 Å². The number of carbonyl (C=O) groups excluding carboxylic acids is 1. The van der Waals surface area contributed by atoms with Crippen LogP contribution in [0.5, 0.6) is 0 Å². The van der Waals surface area contributed by atoms with Crippen LogP contribution in [0, 0.1) is 11.3 Å². The van der Waals surface area contributed by atoms with Crippen LogP contribution >= 0.6 is 11.3 Å². The number of carbonyl (C=O) groups is 1. The summed E-state index contributed by atoms with van der Waals surface area (Å²) >= 11 is 1.20. The Labute approximate surface area is 138 Å². The van der Waals surface area contributed by atoms with Crippen LogP contribution in [-0.2, 0) is 16.4 Å². The van der Waals surface area contributed by atoms with E-state index in [1.54, 1.807) is 5.38 Å². The maximum absolute atomic E-state index is 12.6. The van der Waals surface area contributed by atoms with Gasteiger partial charge in [0.15, 0.2) is 0 Å². The number of nitrogens with zero attached hydrogens (tertiary/aromatic N) is 3. The van der Waals surface area contributed by atoms with Crippen molar-refractivity contribution in [2.45, 2.75) is 11.3 Å². The summed E-state index contributed by atoms with van der Waals surface area (Å²) < 4.78 is 26.2. The number of amides is 2. The molecule has 0 bridgehead atoms. The molecular formula is C15H13N3O3S2. The smallest absolute Gasteiger partial charge is 0.277 e. The number of sulfonamides is 1. The first-order valence-electron chi connectivity index (χ1n) is 6.87. The van der Waals surface area contributed by atoms with E-state index in [2.05, 4.69) is 0 Å². The molecule has 23 heavy (non-hydrogen) atoms. The van der Waals surface area contributed by atoms with Gasteiger partial charge in [-0.15, -0.1) is 11.3 Å². The van der Waals surface area contributed by atoms with Crippen molar-refractivity contribution in [1.29, 1.82) is 5.26 Å². The fraction of sp³-hybridized carbons (Fsp3) is 0.200. The molecule has 0 atom stereocenters. The Morgan fingerprint density at radius 1 is 1.17 bits per heavy atom. The molecule has 0 saturated heterocycles. The largest absolute Gasteiger partial charge is 0.339 e. The second-order valence-electron chi connectivity index (χ2n) is 4.96. The molecule has 0 radical (unpaired) electrons. The van der Waals surface area contributed by atoms with Gasteiger partial charge in [0, 0.05) is 17.3 Å². The van der Waals surface area contributed by atoms with E-state index in [1.165, 1.54) is 21.6 Å². The Balaban J connectivity index is 1.93. The predicted octanol–water partition coefficient (Wildman–Crippen LogP) is 2.45. The molecule has 0 fully saturated rings. The number of nitriles is 1. The molecule has 1 aliphatic heterocycles. The highest BCUT2D eigenvalue weighted by molar-refractivity contribution is 7.90. The SMILES string of the molecule is N#CCN1C(=O)N(CCc2ccccc2)S(=O)(=O)c2cscc21. The number of benzene rings is 1. The second-order valence-corrected chi connectivity index (χ2v) is 7.54. The van der Waals surface area contributed by atoms with Crippen LogP contribution in [-0.4, -0.2) is 31.8 Å². The van der Waals surface area contributed by atoms with Gasteiger partial charge in [0.1, 0.15) is 11.4 Å². The van der Waals surface area contributed by atoms with Gasteiger partial charge in [0.05, 0.1) is 11.8 Å². The van der Waals surface area contributed by atoms with Crippen molar-refractivity contribution in [3.05, 3.63) is 46.7 Å². The quantitative estimate of drug-likeness (QED) is 0.796. The van der Waals surface area contributed by atoms with Gasteiger partial charge in [-0.2, -0.15) is 5.26 Å². The van der Waals surface area contributed by atoms with Gasteiger partial charge in [0.25, 0.3) is 10.0 Å². The first-order chi connectivity index (χ1) is 11.1. The van der Waals surface area contributed by atoms with Crippen molar-refractivity contribution in [1.82, 2.24) is 4.31 Å². The Morgan fingerprint density at radius 3 is 2.61 bits per heavy atom. The van der Waals surface area contributed by atoms with E-state index in [0.717, 1.165) is 9.87 Å². The van der Waals surface area contributed by atoms with Crippen LogP contribution in [0.2, 0.25) is 0 Å². The number of anilines is 1. The summed E-state index contributed by atoms with van der Waals surface area (Å²) in [6.07, 6.45) is 0.422. The molecule has 6 nitrogen and oxygen atoms in total. The number of fused-ring (bicyclic) bond motifs is 1. The second kappa shape index (κ2) is 6.02.